The number of ether oxygens (including phenoxy) is 2. The minimum Gasteiger partial charge on any atom is -0.493 e. The van der Waals surface area contributed by atoms with Gasteiger partial charge in [0.2, 0.25) is 5.91 Å². The maximum Gasteiger partial charge on any atom is 0.240 e. The minimum atomic E-state index is -0.0262. The molecule has 3 aromatic rings. The van der Waals surface area contributed by atoms with Crippen LogP contribution in [0.3, 0.4) is 0 Å². The highest BCUT2D eigenvalue weighted by molar-refractivity contribution is 5.81. The highest BCUT2D eigenvalue weighted by Gasteiger charge is 2.15. The Morgan fingerprint density at radius 2 is 1.85 bits per heavy atom. The normalized spacial score (nSPS) is 11.0. The van der Waals surface area contributed by atoms with Crippen LogP contribution in [0.4, 0.5) is 0 Å². The van der Waals surface area contributed by atoms with Crippen LogP contribution in [-0.4, -0.2) is 35.7 Å². The molecule has 1 N–H and O–H groups in total. The van der Waals surface area contributed by atoms with E-state index in [4.69, 9.17) is 14.5 Å². The van der Waals surface area contributed by atoms with Crippen LogP contribution in [0.2, 0.25) is 0 Å². The number of aromatic nitrogens is 2. The summed E-state index contributed by atoms with van der Waals surface area (Å²) in [6.07, 6.45) is 0.587. The number of benzene rings is 2. The van der Waals surface area contributed by atoms with Crippen LogP contribution in [0, 0.1) is 0 Å². The van der Waals surface area contributed by atoms with Crippen molar-refractivity contribution < 1.29 is 14.3 Å². The quantitative estimate of drug-likeness (QED) is 0.697. The van der Waals surface area contributed by atoms with E-state index in [1.165, 1.54) is 0 Å². The van der Waals surface area contributed by atoms with E-state index in [1.54, 1.807) is 14.2 Å². The second-order valence-electron chi connectivity index (χ2n) is 6.69. The van der Waals surface area contributed by atoms with E-state index in [1.807, 2.05) is 60.9 Å². The van der Waals surface area contributed by atoms with Gasteiger partial charge in [0, 0.05) is 12.5 Å². The number of fused-ring (bicyclic) bond motifs is 1. The third-order valence-corrected chi connectivity index (χ3v) is 4.30. The second kappa shape index (κ2) is 8.12. The molecular formula is C21H25N3O3. The summed E-state index contributed by atoms with van der Waals surface area (Å²) in [4.78, 5) is 17.1. The maximum absolute atomic E-state index is 12.4. The van der Waals surface area contributed by atoms with Crippen molar-refractivity contribution in [3.05, 3.63) is 53.9 Å². The molecule has 0 saturated carbocycles. The Hall–Kier alpha value is -3.02. The Morgan fingerprint density at radius 3 is 2.56 bits per heavy atom. The van der Waals surface area contributed by atoms with Crippen LogP contribution in [0.15, 0.2) is 42.5 Å². The number of para-hydroxylation sites is 2. The van der Waals surface area contributed by atoms with Crippen molar-refractivity contribution in [3.8, 4) is 11.5 Å². The molecule has 1 heterocycles. The molecule has 142 valence electrons. The molecule has 0 aliphatic rings. The van der Waals surface area contributed by atoms with Gasteiger partial charge in [0.1, 0.15) is 12.4 Å². The van der Waals surface area contributed by atoms with E-state index in [2.05, 4.69) is 5.32 Å². The van der Waals surface area contributed by atoms with Crippen molar-refractivity contribution in [1.29, 1.82) is 0 Å². The zero-order valence-electron chi connectivity index (χ0n) is 16.2. The van der Waals surface area contributed by atoms with E-state index in [9.17, 15) is 4.79 Å². The van der Waals surface area contributed by atoms with Gasteiger partial charge in [-0.1, -0.05) is 18.2 Å². The number of carbonyl (C=O) groups excluding carboxylic acids is 1. The summed E-state index contributed by atoms with van der Waals surface area (Å²) >= 11 is 0. The van der Waals surface area contributed by atoms with E-state index < -0.39 is 0 Å². The summed E-state index contributed by atoms with van der Waals surface area (Å²) in [5, 5.41) is 2.95. The van der Waals surface area contributed by atoms with Gasteiger partial charge in [0.05, 0.1) is 25.3 Å². The number of hydrogen-bond acceptors (Lipinski definition) is 4. The molecule has 3 rings (SSSR count). The highest BCUT2D eigenvalue weighted by Crippen LogP contribution is 2.29. The molecule has 0 aliphatic carbocycles. The van der Waals surface area contributed by atoms with E-state index in [0.29, 0.717) is 17.9 Å². The fourth-order valence-electron chi connectivity index (χ4n) is 3.12. The minimum absolute atomic E-state index is 0.0262. The van der Waals surface area contributed by atoms with E-state index in [0.717, 1.165) is 22.4 Å². The molecule has 6 nitrogen and oxygen atoms in total. The van der Waals surface area contributed by atoms with Gasteiger partial charge in [-0.25, -0.2) is 4.98 Å². The summed E-state index contributed by atoms with van der Waals surface area (Å²) < 4.78 is 12.7. The Morgan fingerprint density at radius 1 is 1.11 bits per heavy atom. The Kier molecular flexibility index (Phi) is 5.64. The van der Waals surface area contributed by atoms with Crippen molar-refractivity contribution in [2.45, 2.75) is 32.9 Å². The number of carbonyl (C=O) groups is 1. The highest BCUT2D eigenvalue weighted by atomic mass is 16.5. The molecule has 0 fully saturated rings. The second-order valence-corrected chi connectivity index (χ2v) is 6.69. The molecule has 0 aliphatic heterocycles. The standard InChI is InChI=1S/C21H25N3O3/c1-14(2)22-21(25)13-24-17-8-6-5-7-16(17)23-20(24)12-15-9-10-18(26-3)19(11-15)27-4/h5-11,14H,12-13H2,1-4H3,(H,22,25). The van der Waals surface area contributed by atoms with Crippen LogP contribution < -0.4 is 14.8 Å². The summed E-state index contributed by atoms with van der Waals surface area (Å²) in [5.41, 5.74) is 2.87. The van der Waals surface area contributed by atoms with Gasteiger partial charge in [0.25, 0.3) is 0 Å². The third kappa shape index (κ3) is 4.22. The smallest absolute Gasteiger partial charge is 0.240 e. The zero-order valence-corrected chi connectivity index (χ0v) is 16.2. The first-order valence-corrected chi connectivity index (χ1v) is 8.96. The first-order valence-electron chi connectivity index (χ1n) is 8.96. The van der Waals surface area contributed by atoms with Crippen LogP contribution >= 0.6 is 0 Å². The van der Waals surface area contributed by atoms with Crippen molar-refractivity contribution in [3.63, 3.8) is 0 Å². The number of rotatable bonds is 7. The SMILES string of the molecule is COc1ccc(Cc2nc3ccccc3n2CC(=O)NC(C)C)cc1OC. The molecular weight excluding hydrogens is 342 g/mol. The molecule has 2 aromatic carbocycles. The molecule has 1 aromatic heterocycles. The van der Waals surface area contributed by atoms with E-state index in [-0.39, 0.29) is 18.5 Å². The Balaban J connectivity index is 1.96. The number of amides is 1. The fourth-order valence-corrected chi connectivity index (χ4v) is 3.12. The molecule has 1 amide bonds. The number of methoxy groups -OCH3 is 2. The molecule has 0 atom stereocenters. The summed E-state index contributed by atoms with van der Waals surface area (Å²) in [6.45, 7) is 4.14. The predicted molar refractivity (Wildman–Crippen MR) is 105 cm³/mol. The first-order chi connectivity index (χ1) is 13.0. The molecule has 0 spiro atoms. The summed E-state index contributed by atoms with van der Waals surface area (Å²) in [6, 6.07) is 13.8. The van der Waals surface area contributed by atoms with Gasteiger partial charge in [-0.05, 0) is 43.7 Å². The summed E-state index contributed by atoms with van der Waals surface area (Å²) in [7, 11) is 3.23. The lowest BCUT2D eigenvalue weighted by Crippen LogP contribution is -2.33. The lowest BCUT2D eigenvalue weighted by atomic mass is 10.1. The van der Waals surface area contributed by atoms with Crippen molar-refractivity contribution >= 4 is 16.9 Å². The van der Waals surface area contributed by atoms with Crippen LogP contribution in [0.5, 0.6) is 11.5 Å². The van der Waals surface area contributed by atoms with Gasteiger partial charge in [0.15, 0.2) is 11.5 Å². The van der Waals surface area contributed by atoms with Crippen molar-refractivity contribution in [1.82, 2.24) is 14.9 Å². The predicted octanol–water partition coefficient (Wildman–Crippen LogP) is 3.17. The third-order valence-electron chi connectivity index (χ3n) is 4.30. The fraction of sp³-hybridized carbons (Fsp3) is 0.333. The Labute approximate surface area is 159 Å². The average Bonchev–Trinajstić information content (AvgIpc) is 2.98. The lowest BCUT2D eigenvalue weighted by molar-refractivity contribution is -0.122. The number of nitrogens with one attached hydrogen (secondary N) is 1. The van der Waals surface area contributed by atoms with E-state index >= 15 is 0 Å². The van der Waals surface area contributed by atoms with Crippen molar-refractivity contribution in [2.75, 3.05) is 14.2 Å². The maximum atomic E-state index is 12.4. The molecule has 0 saturated heterocycles. The van der Waals surface area contributed by atoms with Crippen LogP contribution in [-0.2, 0) is 17.8 Å². The van der Waals surface area contributed by atoms with Gasteiger partial charge in [-0.2, -0.15) is 0 Å². The largest absolute Gasteiger partial charge is 0.493 e. The van der Waals surface area contributed by atoms with Crippen LogP contribution in [0.1, 0.15) is 25.2 Å². The molecule has 0 bridgehead atoms. The van der Waals surface area contributed by atoms with Gasteiger partial charge < -0.3 is 19.4 Å². The lowest BCUT2D eigenvalue weighted by Gasteiger charge is -2.13. The Bertz CT molecular complexity index is 947. The first kappa shape index (κ1) is 18.8. The number of hydrogen-bond donors (Lipinski definition) is 1. The molecule has 6 heteroatoms. The monoisotopic (exact) mass is 367 g/mol. The molecule has 0 radical (unpaired) electrons. The van der Waals surface area contributed by atoms with Crippen LogP contribution in [0.25, 0.3) is 11.0 Å². The van der Waals surface area contributed by atoms with Gasteiger partial charge >= 0.3 is 0 Å². The molecule has 0 unspecified atom stereocenters. The molecule has 27 heavy (non-hydrogen) atoms. The number of nitrogens with zero attached hydrogens (tertiary/aromatic N) is 2. The zero-order chi connectivity index (χ0) is 19.4. The summed E-state index contributed by atoms with van der Waals surface area (Å²) in [5.74, 6) is 2.17. The van der Waals surface area contributed by atoms with Gasteiger partial charge in [-0.3, -0.25) is 4.79 Å². The number of imidazole rings is 1. The van der Waals surface area contributed by atoms with Crippen molar-refractivity contribution in [2.24, 2.45) is 0 Å². The topological polar surface area (TPSA) is 65.4 Å². The average molecular weight is 367 g/mol. The van der Waals surface area contributed by atoms with Gasteiger partial charge in [-0.15, -0.1) is 0 Å².